The highest BCUT2D eigenvalue weighted by atomic mass is 16.5. The molecule has 2 aliphatic rings. The Kier molecular flexibility index (Phi) is 5.70. The van der Waals surface area contributed by atoms with Gasteiger partial charge in [0.1, 0.15) is 0 Å². The first kappa shape index (κ1) is 20.0. The number of hydrogen-bond donors (Lipinski definition) is 0. The first-order valence-corrected chi connectivity index (χ1v) is 10.2. The number of imide groups is 1. The van der Waals surface area contributed by atoms with E-state index in [2.05, 4.69) is 0 Å². The summed E-state index contributed by atoms with van der Waals surface area (Å²) in [7, 11) is 3.11. The van der Waals surface area contributed by atoms with Crippen molar-refractivity contribution in [1.29, 1.82) is 0 Å². The summed E-state index contributed by atoms with van der Waals surface area (Å²) < 4.78 is 11.6. The Bertz CT molecular complexity index is 1020. The van der Waals surface area contributed by atoms with Gasteiger partial charge < -0.3 is 9.47 Å². The quantitative estimate of drug-likeness (QED) is 0.546. The zero-order chi connectivity index (χ0) is 21.1. The molecule has 0 radical (unpaired) electrons. The standard InChI is InChI=1S/C25H25NO4/c1-26-24(27)20(14-17-8-4-3-5-9-17)21(25(26)28)15-18-12-13-22(23(16-18)29-2)30-19-10-6-7-11-19/h3-5,8-9,12-16,19H,6-7,10-11H2,1-2H3/b20-14+,21-15+. The van der Waals surface area contributed by atoms with Gasteiger partial charge in [0, 0.05) is 7.05 Å². The van der Waals surface area contributed by atoms with Crippen molar-refractivity contribution in [2.75, 3.05) is 14.2 Å². The molecule has 2 fully saturated rings. The summed E-state index contributed by atoms with van der Waals surface area (Å²) in [5, 5.41) is 0. The Morgan fingerprint density at radius 2 is 1.50 bits per heavy atom. The molecule has 1 saturated carbocycles. The molecular weight excluding hydrogens is 378 g/mol. The lowest BCUT2D eigenvalue weighted by Gasteiger charge is -2.16. The van der Waals surface area contributed by atoms with Crippen molar-refractivity contribution in [1.82, 2.24) is 4.90 Å². The summed E-state index contributed by atoms with van der Waals surface area (Å²) in [4.78, 5) is 26.5. The number of nitrogens with zero attached hydrogens (tertiary/aromatic N) is 1. The Morgan fingerprint density at radius 3 is 2.13 bits per heavy atom. The molecule has 1 aliphatic heterocycles. The molecule has 4 rings (SSSR count). The molecule has 2 aromatic carbocycles. The molecule has 0 N–H and O–H groups in total. The molecule has 2 amide bonds. The van der Waals surface area contributed by atoms with Crippen LogP contribution in [-0.4, -0.2) is 37.0 Å². The van der Waals surface area contributed by atoms with Crippen molar-refractivity contribution in [3.05, 3.63) is 70.8 Å². The van der Waals surface area contributed by atoms with E-state index in [4.69, 9.17) is 9.47 Å². The van der Waals surface area contributed by atoms with Crippen LogP contribution in [0.4, 0.5) is 0 Å². The SMILES string of the molecule is COc1cc(/C=C2/C(=O)N(C)C(=O)/C2=C/c2ccccc2)ccc1OC1CCCC1. The average Bonchev–Trinajstić information content (AvgIpc) is 3.35. The minimum Gasteiger partial charge on any atom is -0.493 e. The van der Waals surface area contributed by atoms with E-state index in [1.54, 1.807) is 19.3 Å². The minimum absolute atomic E-state index is 0.228. The number of carbonyl (C=O) groups excluding carboxylic acids is 2. The van der Waals surface area contributed by atoms with Crippen LogP contribution in [0.15, 0.2) is 59.7 Å². The maximum atomic E-state index is 12.7. The van der Waals surface area contributed by atoms with E-state index < -0.39 is 0 Å². The number of likely N-dealkylation sites (N-methyl/N-ethyl adjacent to an activating group) is 1. The fourth-order valence-corrected chi connectivity index (χ4v) is 3.90. The molecule has 0 bridgehead atoms. The van der Waals surface area contributed by atoms with E-state index in [0.29, 0.717) is 22.6 Å². The van der Waals surface area contributed by atoms with E-state index in [9.17, 15) is 9.59 Å². The Labute approximate surface area is 176 Å². The molecule has 0 unspecified atom stereocenters. The van der Waals surface area contributed by atoms with Crippen molar-refractivity contribution in [2.24, 2.45) is 0 Å². The summed E-state index contributed by atoms with van der Waals surface area (Å²) in [5.74, 6) is 0.711. The number of benzene rings is 2. The fraction of sp³-hybridized carbons (Fsp3) is 0.280. The topological polar surface area (TPSA) is 55.8 Å². The number of methoxy groups -OCH3 is 1. The van der Waals surface area contributed by atoms with E-state index in [1.165, 1.54) is 19.9 Å². The maximum Gasteiger partial charge on any atom is 0.261 e. The zero-order valence-electron chi connectivity index (χ0n) is 17.3. The average molecular weight is 403 g/mol. The van der Waals surface area contributed by atoms with Crippen molar-refractivity contribution < 1.29 is 19.1 Å². The van der Waals surface area contributed by atoms with E-state index >= 15 is 0 Å². The number of likely N-dealkylation sites (tertiary alicyclic amines) is 1. The van der Waals surface area contributed by atoms with Crippen LogP contribution in [0.1, 0.15) is 36.8 Å². The lowest BCUT2D eigenvalue weighted by Crippen LogP contribution is -2.24. The molecule has 0 spiro atoms. The first-order valence-electron chi connectivity index (χ1n) is 10.2. The van der Waals surface area contributed by atoms with Crippen LogP contribution in [0, 0.1) is 0 Å². The molecular formula is C25H25NO4. The third kappa shape index (κ3) is 4.01. The largest absolute Gasteiger partial charge is 0.493 e. The summed E-state index contributed by atoms with van der Waals surface area (Å²) in [6.07, 6.45) is 8.22. The molecule has 154 valence electrons. The molecule has 0 aromatic heterocycles. The predicted octanol–water partition coefficient (Wildman–Crippen LogP) is 4.48. The van der Waals surface area contributed by atoms with Gasteiger partial charge in [-0.15, -0.1) is 0 Å². The van der Waals surface area contributed by atoms with Gasteiger partial charge in [-0.1, -0.05) is 36.4 Å². The summed E-state index contributed by atoms with van der Waals surface area (Å²) in [6, 6.07) is 15.1. The van der Waals surface area contributed by atoms with E-state index in [1.807, 2.05) is 48.5 Å². The lowest BCUT2D eigenvalue weighted by molar-refractivity contribution is -0.134. The van der Waals surface area contributed by atoms with Gasteiger partial charge in [-0.25, -0.2) is 0 Å². The van der Waals surface area contributed by atoms with Crippen LogP contribution in [0.5, 0.6) is 11.5 Å². The van der Waals surface area contributed by atoms with Gasteiger partial charge in [-0.3, -0.25) is 14.5 Å². The second-order valence-corrected chi connectivity index (χ2v) is 7.63. The van der Waals surface area contributed by atoms with Crippen molar-refractivity contribution in [2.45, 2.75) is 31.8 Å². The summed E-state index contributed by atoms with van der Waals surface area (Å²) in [6.45, 7) is 0. The van der Waals surface area contributed by atoms with Crippen LogP contribution in [0.2, 0.25) is 0 Å². The Morgan fingerprint density at radius 1 is 0.867 bits per heavy atom. The zero-order valence-corrected chi connectivity index (χ0v) is 17.3. The molecule has 1 heterocycles. The molecule has 2 aromatic rings. The third-order valence-electron chi connectivity index (χ3n) is 5.57. The molecule has 5 nitrogen and oxygen atoms in total. The van der Waals surface area contributed by atoms with Gasteiger partial charge in [-0.2, -0.15) is 0 Å². The van der Waals surface area contributed by atoms with Gasteiger partial charge in [0.05, 0.1) is 24.4 Å². The van der Waals surface area contributed by atoms with Crippen LogP contribution in [-0.2, 0) is 9.59 Å². The first-order chi connectivity index (χ1) is 14.6. The van der Waals surface area contributed by atoms with Crippen LogP contribution in [0.25, 0.3) is 12.2 Å². The Hall–Kier alpha value is -3.34. The third-order valence-corrected chi connectivity index (χ3v) is 5.57. The highest BCUT2D eigenvalue weighted by molar-refractivity contribution is 6.28. The molecule has 30 heavy (non-hydrogen) atoms. The summed E-state index contributed by atoms with van der Waals surface area (Å²) in [5.41, 5.74) is 2.40. The van der Waals surface area contributed by atoms with Gasteiger partial charge >= 0.3 is 0 Å². The van der Waals surface area contributed by atoms with Crippen molar-refractivity contribution in [3.8, 4) is 11.5 Å². The second kappa shape index (κ2) is 8.57. The van der Waals surface area contributed by atoms with E-state index in [0.717, 1.165) is 28.9 Å². The number of amides is 2. The predicted molar refractivity (Wildman–Crippen MR) is 116 cm³/mol. The number of hydrogen-bond acceptors (Lipinski definition) is 4. The molecule has 1 saturated heterocycles. The van der Waals surface area contributed by atoms with Gasteiger partial charge in [0.25, 0.3) is 11.8 Å². The fourth-order valence-electron chi connectivity index (χ4n) is 3.90. The van der Waals surface area contributed by atoms with Gasteiger partial charge in [0.15, 0.2) is 11.5 Å². The van der Waals surface area contributed by atoms with Crippen molar-refractivity contribution in [3.63, 3.8) is 0 Å². The van der Waals surface area contributed by atoms with Crippen LogP contribution in [0.3, 0.4) is 0 Å². The number of rotatable bonds is 5. The number of carbonyl (C=O) groups is 2. The molecule has 5 heteroatoms. The maximum absolute atomic E-state index is 12.7. The van der Waals surface area contributed by atoms with Crippen molar-refractivity contribution >= 4 is 24.0 Å². The highest BCUT2D eigenvalue weighted by Gasteiger charge is 2.36. The van der Waals surface area contributed by atoms with Crippen LogP contribution >= 0.6 is 0 Å². The number of ether oxygens (including phenoxy) is 2. The second-order valence-electron chi connectivity index (χ2n) is 7.63. The monoisotopic (exact) mass is 403 g/mol. The van der Waals surface area contributed by atoms with Gasteiger partial charge in [0.2, 0.25) is 0 Å². The van der Waals surface area contributed by atoms with E-state index in [-0.39, 0.29) is 17.9 Å². The highest BCUT2D eigenvalue weighted by Crippen LogP contribution is 2.34. The van der Waals surface area contributed by atoms with Gasteiger partial charge in [-0.05, 0) is 61.1 Å². The molecule has 0 atom stereocenters. The lowest BCUT2D eigenvalue weighted by atomic mass is 10.0. The van der Waals surface area contributed by atoms with Crippen LogP contribution < -0.4 is 9.47 Å². The summed E-state index contributed by atoms with van der Waals surface area (Å²) >= 11 is 0. The normalized spacial score (nSPS) is 19.9. The molecule has 1 aliphatic carbocycles. The minimum atomic E-state index is -0.313. The smallest absolute Gasteiger partial charge is 0.261 e. The Balaban J connectivity index is 1.68.